The molecule has 0 saturated carbocycles. The van der Waals surface area contributed by atoms with Crippen molar-refractivity contribution in [3.05, 3.63) is 22.7 Å². The Labute approximate surface area is 130 Å². The number of carbonyl (C=O) groups excluding carboxylic acids is 1. The third kappa shape index (κ3) is 5.07. The highest BCUT2D eigenvalue weighted by Gasteiger charge is 2.15. The maximum absolute atomic E-state index is 11.9. The molecule has 5 nitrogen and oxygen atoms in total. The molecule has 0 radical (unpaired) electrons. The van der Waals surface area contributed by atoms with Gasteiger partial charge in [0.15, 0.2) is 11.5 Å². The van der Waals surface area contributed by atoms with Gasteiger partial charge in [0.25, 0.3) is 5.91 Å². The molecule has 1 amide bonds. The number of nitrogens with two attached hydrogens (primary N) is 1. The Balaban J connectivity index is 0.00000361. The number of carbonyl (C=O) groups is 1. The largest absolute Gasteiger partial charge is 0.493 e. The molecule has 3 N–H and O–H groups in total. The van der Waals surface area contributed by atoms with Gasteiger partial charge in [-0.2, -0.15) is 0 Å². The fourth-order valence-corrected chi connectivity index (χ4v) is 1.81. The van der Waals surface area contributed by atoms with E-state index in [9.17, 15) is 4.79 Å². The van der Waals surface area contributed by atoms with Crippen molar-refractivity contribution in [2.45, 2.75) is 13.3 Å². The Kier molecular flexibility index (Phi) is 9.12. The molecule has 0 heterocycles. The fraction of sp³-hybridized carbons (Fsp3) is 0.462. The molecule has 0 bridgehead atoms. The molecule has 114 valence electrons. The minimum atomic E-state index is -0.211. The first kappa shape index (κ1) is 18.8. The first-order chi connectivity index (χ1) is 9.13. The number of methoxy groups -OCH3 is 1. The summed E-state index contributed by atoms with van der Waals surface area (Å²) in [5, 5.41) is 3.11. The Bertz CT molecular complexity index is 442. The molecular formula is C13H20Cl2N2O3. The number of benzene rings is 1. The number of nitrogens with one attached hydrogen (secondary N) is 1. The summed E-state index contributed by atoms with van der Waals surface area (Å²) >= 11 is 6.09. The fourth-order valence-electron chi connectivity index (χ4n) is 1.54. The number of rotatable bonds is 7. The van der Waals surface area contributed by atoms with E-state index in [1.54, 1.807) is 12.1 Å². The van der Waals surface area contributed by atoms with Crippen molar-refractivity contribution in [1.82, 2.24) is 5.32 Å². The van der Waals surface area contributed by atoms with Gasteiger partial charge in [-0.1, -0.05) is 11.6 Å². The molecule has 0 spiro atoms. The third-order valence-electron chi connectivity index (χ3n) is 2.45. The molecule has 0 fully saturated rings. The highest BCUT2D eigenvalue weighted by Crippen LogP contribution is 2.36. The zero-order valence-corrected chi connectivity index (χ0v) is 13.1. The molecule has 7 heteroatoms. The van der Waals surface area contributed by atoms with E-state index in [1.807, 2.05) is 6.92 Å². The van der Waals surface area contributed by atoms with Gasteiger partial charge in [-0.3, -0.25) is 4.79 Å². The molecule has 1 rings (SSSR count). The maximum Gasteiger partial charge on any atom is 0.251 e. The van der Waals surface area contributed by atoms with Crippen LogP contribution in [0, 0.1) is 0 Å². The van der Waals surface area contributed by atoms with Crippen LogP contribution >= 0.6 is 24.0 Å². The van der Waals surface area contributed by atoms with E-state index in [0.717, 1.165) is 6.42 Å². The summed E-state index contributed by atoms with van der Waals surface area (Å²) in [6, 6.07) is 3.17. The summed E-state index contributed by atoms with van der Waals surface area (Å²) < 4.78 is 10.6. The standard InChI is InChI=1S/C13H19ClN2O3.ClH/c1-3-19-12-10(14)7-9(8-11(12)18-2)13(17)16-6-4-5-15;/h7-8H,3-6,15H2,1-2H3,(H,16,17);1H. The average molecular weight is 323 g/mol. The first-order valence-electron chi connectivity index (χ1n) is 6.12. The zero-order valence-electron chi connectivity index (χ0n) is 11.6. The second-order valence-electron chi connectivity index (χ2n) is 3.82. The summed E-state index contributed by atoms with van der Waals surface area (Å²) in [6.07, 6.45) is 0.730. The Morgan fingerprint density at radius 1 is 1.45 bits per heavy atom. The number of ether oxygens (including phenoxy) is 2. The predicted molar refractivity (Wildman–Crippen MR) is 82.4 cm³/mol. The van der Waals surface area contributed by atoms with Crippen molar-refractivity contribution >= 4 is 29.9 Å². The Hall–Kier alpha value is -1.17. The van der Waals surface area contributed by atoms with Crippen molar-refractivity contribution in [2.75, 3.05) is 26.8 Å². The molecule has 0 atom stereocenters. The molecule has 20 heavy (non-hydrogen) atoms. The monoisotopic (exact) mass is 322 g/mol. The van der Waals surface area contributed by atoms with Crippen molar-refractivity contribution in [1.29, 1.82) is 0 Å². The van der Waals surface area contributed by atoms with Crippen LogP contribution in [-0.4, -0.2) is 32.7 Å². The van der Waals surface area contributed by atoms with Gasteiger partial charge in [-0.15, -0.1) is 12.4 Å². The maximum atomic E-state index is 11.9. The van der Waals surface area contributed by atoms with E-state index in [0.29, 0.717) is 41.8 Å². The van der Waals surface area contributed by atoms with E-state index in [4.69, 9.17) is 26.8 Å². The van der Waals surface area contributed by atoms with Crippen molar-refractivity contribution in [3.8, 4) is 11.5 Å². The van der Waals surface area contributed by atoms with Crippen LogP contribution in [0.1, 0.15) is 23.7 Å². The Morgan fingerprint density at radius 2 is 2.15 bits per heavy atom. The van der Waals surface area contributed by atoms with Crippen LogP contribution in [0.3, 0.4) is 0 Å². The summed E-state index contributed by atoms with van der Waals surface area (Å²) in [5.41, 5.74) is 5.80. The van der Waals surface area contributed by atoms with Crippen molar-refractivity contribution in [3.63, 3.8) is 0 Å². The normalized spacial score (nSPS) is 9.60. The topological polar surface area (TPSA) is 73.6 Å². The van der Waals surface area contributed by atoms with Crippen molar-refractivity contribution < 1.29 is 14.3 Å². The van der Waals surface area contributed by atoms with E-state index in [2.05, 4.69) is 5.32 Å². The van der Waals surface area contributed by atoms with Crippen molar-refractivity contribution in [2.24, 2.45) is 5.73 Å². The molecule has 1 aromatic rings. The summed E-state index contributed by atoms with van der Waals surface area (Å²) in [5.74, 6) is 0.681. The highest BCUT2D eigenvalue weighted by atomic mass is 35.5. The van der Waals surface area contributed by atoms with Gasteiger partial charge in [0, 0.05) is 12.1 Å². The lowest BCUT2D eigenvalue weighted by atomic mass is 10.2. The number of halogens is 2. The van der Waals surface area contributed by atoms with Gasteiger partial charge in [0.2, 0.25) is 0 Å². The van der Waals surface area contributed by atoms with Gasteiger partial charge in [0.1, 0.15) is 0 Å². The van der Waals surface area contributed by atoms with Crippen LogP contribution in [-0.2, 0) is 0 Å². The SMILES string of the molecule is CCOc1c(Cl)cc(C(=O)NCCCN)cc1OC.Cl. The molecule has 0 aliphatic carbocycles. The van der Waals surface area contributed by atoms with Crippen LogP contribution in [0.15, 0.2) is 12.1 Å². The van der Waals surface area contributed by atoms with Crippen LogP contribution in [0.2, 0.25) is 5.02 Å². The average Bonchev–Trinajstić information content (AvgIpc) is 2.41. The lowest BCUT2D eigenvalue weighted by Crippen LogP contribution is -2.26. The predicted octanol–water partition coefficient (Wildman–Crippen LogP) is 2.25. The van der Waals surface area contributed by atoms with E-state index in [1.165, 1.54) is 7.11 Å². The minimum Gasteiger partial charge on any atom is -0.493 e. The number of hydrogen-bond donors (Lipinski definition) is 2. The molecule has 0 saturated heterocycles. The van der Waals surface area contributed by atoms with E-state index >= 15 is 0 Å². The van der Waals surface area contributed by atoms with E-state index < -0.39 is 0 Å². The summed E-state index contributed by atoms with van der Waals surface area (Å²) in [7, 11) is 1.50. The molecule has 0 aliphatic heterocycles. The van der Waals surface area contributed by atoms with Crippen LogP contribution in [0.5, 0.6) is 11.5 Å². The smallest absolute Gasteiger partial charge is 0.251 e. The molecule has 0 aliphatic rings. The first-order valence-corrected chi connectivity index (χ1v) is 6.50. The quantitative estimate of drug-likeness (QED) is 0.755. The van der Waals surface area contributed by atoms with Gasteiger partial charge >= 0.3 is 0 Å². The summed E-state index contributed by atoms with van der Waals surface area (Å²) in [6.45, 7) is 3.39. The van der Waals surface area contributed by atoms with Crippen LogP contribution in [0.4, 0.5) is 0 Å². The van der Waals surface area contributed by atoms with Crippen LogP contribution < -0.4 is 20.5 Å². The van der Waals surface area contributed by atoms with Gasteiger partial charge in [-0.05, 0) is 32.0 Å². The number of amides is 1. The summed E-state index contributed by atoms with van der Waals surface area (Å²) in [4.78, 5) is 11.9. The second kappa shape index (κ2) is 9.69. The van der Waals surface area contributed by atoms with Gasteiger partial charge in [-0.25, -0.2) is 0 Å². The molecule has 0 aromatic heterocycles. The highest BCUT2D eigenvalue weighted by molar-refractivity contribution is 6.32. The zero-order chi connectivity index (χ0) is 14.3. The van der Waals surface area contributed by atoms with E-state index in [-0.39, 0.29) is 18.3 Å². The van der Waals surface area contributed by atoms with Gasteiger partial charge in [0.05, 0.1) is 18.7 Å². The Morgan fingerprint density at radius 3 is 2.70 bits per heavy atom. The molecule has 1 aromatic carbocycles. The molecule has 0 unspecified atom stereocenters. The number of hydrogen-bond acceptors (Lipinski definition) is 4. The third-order valence-corrected chi connectivity index (χ3v) is 2.73. The van der Waals surface area contributed by atoms with Gasteiger partial charge < -0.3 is 20.5 Å². The lowest BCUT2D eigenvalue weighted by Gasteiger charge is -2.13. The lowest BCUT2D eigenvalue weighted by molar-refractivity contribution is 0.0953. The minimum absolute atomic E-state index is 0. The van der Waals surface area contributed by atoms with Crippen LogP contribution in [0.25, 0.3) is 0 Å². The second-order valence-corrected chi connectivity index (χ2v) is 4.23. The molecular weight excluding hydrogens is 303 g/mol.